The minimum Gasteiger partial charge on any atom is -0.309 e. The zero-order valence-corrected chi connectivity index (χ0v) is 14.2. The van der Waals surface area contributed by atoms with Gasteiger partial charge in [-0.25, -0.2) is 17.7 Å². The van der Waals surface area contributed by atoms with Crippen LogP contribution >= 0.6 is 11.3 Å². The van der Waals surface area contributed by atoms with Crippen LogP contribution in [0.3, 0.4) is 0 Å². The van der Waals surface area contributed by atoms with Crippen molar-refractivity contribution in [3.63, 3.8) is 0 Å². The normalized spacial score (nSPS) is 14.1. The smallest absolute Gasteiger partial charge is 0.211 e. The summed E-state index contributed by atoms with van der Waals surface area (Å²) in [6.45, 7) is 5.79. The number of hydrogen-bond donors (Lipinski definition) is 1. The fourth-order valence-corrected chi connectivity index (χ4v) is 3.93. The summed E-state index contributed by atoms with van der Waals surface area (Å²) in [5.41, 5.74) is 1.13. The minimum absolute atomic E-state index is 0.183. The molecule has 118 valence electrons. The van der Waals surface area contributed by atoms with Crippen molar-refractivity contribution in [2.45, 2.75) is 26.3 Å². The minimum atomic E-state index is -3.09. The molecule has 0 radical (unpaired) electrons. The highest BCUT2D eigenvalue weighted by Gasteiger charge is 2.14. The number of aromatic nitrogens is 2. The topological polar surface area (TPSA) is 66.7 Å². The van der Waals surface area contributed by atoms with Gasteiger partial charge in [-0.1, -0.05) is 6.92 Å². The van der Waals surface area contributed by atoms with Gasteiger partial charge in [-0.15, -0.1) is 11.3 Å². The highest BCUT2D eigenvalue weighted by atomic mass is 32.2. The van der Waals surface area contributed by atoms with Gasteiger partial charge < -0.3 is 5.32 Å². The molecule has 0 fully saturated rings. The SMILES string of the molecule is CCN(CCCNC(C)c1cnc2sccn12)S(C)(=O)=O. The Kier molecular flexibility index (Phi) is 5.37. The van der Waals surface area contributed by atoms with Gasteiger partial charge in [0, 0.05) is 30.7 Å². The summed E-state index contributed by atoms with van der Waals surface area (Å²) in [6, 6.07) is 0.183. The third kappa shape index (κ3) is 4.03. The molecule has 8 heteroatoms. The summed E-state index contributed by atoms with van der Waals surface area (Å²) in [7, 11) is -3.09. The second-order valence-corrected chi connectivity index (χ2v) is 7.88. The summed E-state index contributed by atoms with van der Waals surface area (Å²) in [4.78, 5) is 5.35. The number of sulfonamides is 1. The molecule has 2 aromatic heterocycles. The first-order chi connectivity index (χ1) is 9.93. The Morgan fingerprint density at radius 2 is 2.29 bits per heavy atom. The van der Waals surface area contributed by atoms with Crippen molar-refractivity contribution in [1.82, 2.24) is 19.0 Å². The zero-order chi connectivity index (χ0) is 15.5. The van der Waals surface area contributed by atoms with Crippen molar-refractivity contribution in [3.8, 4) is 0 Å². The van der Waals surface area contributed by atoms with Gasteiger partial charge in [0.25, 0.3) is 0 Å². The van der Waals surface area contributed by atoms with Crippen LogP contribution in [0.25, 0.3) is 4.96 Å². The van der Waals surface area contributed by atoms with E-state index in [0.717, 1.165) is 23.6 Å². The van der Waals surface area contributed by atoms with Crippen LogP contribution in [0, 0.1) is 0 Å². The van der Waals surface area contributed by atoms with Crippen LogP contribution < -0.4 is 5.32 Å². The molecule has 0 bridgehead atoms. The number of hydrogen-bond acceptors (Lipinski definition) is 5. The molecule has 0 spiro atoms. The average Bonchev–Trinajstić information content (AvgIpc) is 2.98. The Hall–Kier alpha value is -0.960. The molecule has 2 rings (SSSR count). The molecule has 0 aliphatic rings. The Labute approximate surface area is 129 Å². The largest absolute Gasteiger partial charge is 0.309 e. The summed E-state index contributed by atoms with van der Waals surface area (Å²) in [6.07, 6.45) is 5.95. The number of imidazole rings is 1. The van der Waals surface area contributed by atoms with Crippen LogP contribution in [0.15, 0.2) is 17.8 Å². The molecule has 0 saturated heterocycles. The van der Waals surface area contributed by atoms with E-state index in [-0.39, 0.29) is 6.04 Å². The predicted molar refractivity (Wildman–Crippen MR) is 86.2 cm³/mol. The van der Waals surface area contributed by atoms with E-state index in [9.17, 15) is 8.42 Å². The molecule has 0 aliphatic heterocycles. The molecular formula is C13H22N4O2S2. The second-order valence-electron chi connectivity index (χ2n) is 5.02. The van der Waals surface area contributed by atoms with E-state index in [1.807, 2.05) is 24.7 Å². The van der Waals surface area contributed by atoms with Crippen molar-refractivity contribution in [3.05, 3.63) is 23.5 Å². The molecule has 0 amide bonds. The fourth-order valence-electron chi connectivity index (χ4n) is 2.30. The fraction of sp³-hybridized carbons (Fsp3) is 0.615. The molecule has 6 nitrogen and oxygen atoms in total. The first kappa shape index (κ1) is 16.4. The standard InChI is InChI=1S/C13H22N4O2S2/c1-4-16(21(3,18)19)7-5-6-14-11(2)12-10-15-13-17(12)8-9-20-13/h8-11,14H,4-7H2,1-3H3. The Morgan fingerprint density at radius 1 is 1.52 bits per heavy atom. The summed E-state index contributed by atoms with van der Waals surface area (Å²) in [5.74, 6) is 0. The number of nitrogens with one attached hydrogen (secondary N) is 1. The lowest BCUT2D eigenvalue weighted by Crippen LogP contribution is -2.32. The maximum atomic E-state index is 11.5. The third-order valence-corrected chi connectivity index (χ3v) is 5.62. The molecule has 1 atom stereocenters. The van der Waals surface area contributed by atoms with Gasteiger partial charge in [0.05, 0.1) is 18.1 Å². The van der Waals surface area contributed by atoms with Crippen LogP contribution in [0.5, 0.6) is 0 Å². The lowest BCUT2D eigenvalue weighted by atomic mass is 10.2. The van der Waals surface area contributed by atoms with Gasteiger partial charge in [-0.2, -0.15) is 0 Å². The molecule has 21 heavy (non-hydrogen) atoms. The lowest BCUT2D eigenvalue weighted by molar-refractivity contribution is 0.412. The van der Waals surface area contributed by atoms with Gasteiger partial charge >= 0.3 is 0 Å². The van der Waals surface area contributed by atoms with Crippen LogP contribution in [0.2, 0.25) is 0 Å². The van der Waals surface area contributed by atoms with E-state index < -0.39 is 10.0 Å². The van der Waals surface area contributed by atoms with Crippen molar-refractivity contribution < 1.29 is 8.42 Å². The Morgan fingerprint density at radius 3 is 2.95 bits per heavy atom. The molecule has 0 aromatic carbocycles. The van der Waals surface area contributed by atoms with E-state index in [2.05, 4.69) is 21.6 Å². The Balaban J connectivity index is 1.82. The molecule has 1 unspecified atom stereocenters. The first-order valence-corrected chi connectivity index (χ1v) is 9.75. The van der Waals surface area contributed by atoms with Gasteiger partial charge in [0.15, 0.2) is 4.96 Å². The van der Waals surface area contributed by atoms with Gasteiger partial charge in [-0.05, 0) is 19.9 Å². The highest BCUT2D eigenvalue weighted by molar-refractivity contribution is 7.88. The monoisotopic (exact) mass is 330 g/mol. The van der Waals surface area contributed by atoms with Crippen molar-refractivity contribution in [1.29, 1.82) is 0 Å². The van der Waals surface area contributed by atoms with Crippen molar-refractivity contribution >= 4 is 26.3 Å². The maximum Gasteiger partial charge on any atom is 0.211 e. The molecule has 0 saturated carbocycles. The summed E-state index contributed by atoms with van der Waals surface area (Å²) < 4.78 is 26.6. The zero-order valence-electron chi connectivity index (χ0n) is 12.6. The predicted octanol–water partition coefficient (Wildman–Crippen LogP) is 1.72. The molecule has 1 N–H and O–H groups in total. The van der Waals surface area contributed by atoms with Gasteiger partial charge in [0.2, 0.25) is 10.0 Å². The van der Waals surface area contributed by atoms with Gasteiger partial charge in [0.1, 0.15) is 0 Å². The molecule has 0 aliphatic carbocycles. The quantitative estimate of drug-likeness (QED) is 0.749. The lowest BCUT2D eigenvalue weighted by Gasteiger charge is -2.18. The third-order valence-electron chi connectivity index (χ3n) is 3.48. The summed E-state index contributed by atoms with van der Waals surface area (Å²) >= 11 is 1.61. The summed E-state index contributed by atoms with van der Waals surface area (Å²) in [5, 5.41) is 5.44. The van der Waals surface area contributed by atoms with E-state index in [4.69, 9.17) is 0 Å². The number of nitrogens with zero attached hydrogens (tertiary/aromatic N) is 3. The van der Waals surface area contributed by atoms with E-state index in [0.29, 0.717) is 13.1 Å². The maximum absolute atomic E-state index is 11.5. The Bertz CT molecular complexity index is 677. The number of fused-ring (bicyclic) bond motifs is 1. The molecular weight excluding hydrogens is 308 g/mol. The first-order valence-electron chi connectivity index (χ1n) is 7.02. The number of rotatable bonds is 8. The average molecular weight is 330 g/mol. The second kappa shape index (κ2) is 6.87. The van der Waals surface area contributed by atoms with E-state index in [1.165, 1.54) is 10.6 Å². The number of thiazole rings is 1. The van der Waals surface area contributed by atoms with Crippen molar-refractivity contribution in [2.75, 3.05) is 25.9 Å². The van der Waals surface area contributed by atoms with Gasteiger partial charge in [-0.3, -0.25) is 4.40 Å². The van der Waals surface area contributed by atoms with Crippen LogP contribution in [0.1, 0.15) is 32.0 Å². The van der Waals surface area contributed by atoms with Crippen LogP contribution in [0.4, 0.5) is 0 Å². The van der Waals surface area contributed by atoms with E-state index >= 15 is 0 Å². The van der Waals surface area contributed by atoms with Crippen molar-refractivity contribution in [2.24, 2.45) is 0 Å². The molecule has 2 aromatic rings. The molecule has 2 heterocycles. The van der Waals surface area contributed by atoms with E-state index in [1.54, 1.807) is 11.3 Å². The van der Waals surface area contributed by atoms with Crippen LogP contribution in [-0.2, 0) is 10.0 Å². The van der Waals surface area contributed by atoms with Crippen LogP contribution in [-0.4, -0.2) is 48.0 Å². The highest BCUT2D eigenvalue weighted by Crippen LogP contribution is 2.18.